The molecule has 4 heteroatoms. The van der Waals surface area contributed by atoms with Crippen molar-refractivity contribution >= 4 is 5.91 Å². The minimum atomic E-state index is -0.576. The average molecular weight is 327 g/mol. The fourth-order valence-electron chi connectivity index (χ4n) is 2.36. The molecule has 2 aromatic rings. The number of hydrogen-bond acceptors (Lipinski definition) is 3. The van der Waals surface area contributed by atoms with E-state index >= 15 is 0 Å². The van der Waals surface area contributed by atoms with Crippen LogP contribution in [0.25, 0.3) is 0 Å². The summed E-state index contributed by atoms with van der Waals surface area (Å²) in [6, 6.07) is 13.3. The molecule has 0 bridgehead atoms. The molecule has 0 aliphatic carbocycles. The molecule has 1 N–H and O–H groups in total. The summed E-state index contributed by atoms with van der Waals surface area (Å²) in [5, 5.41) is 3.00. The molecule has 128 valence electrons. The van der Waals surface area contributed by atoms with Gasteiger partial charge in [0, 0.05) is 0 Å². The summed E-state index contributed by atoms with van der Waals surface area (Å²) in [5.41, 5.74) is 3.55. The van der Waals surface area contributed by atoms with Gasteiger partial charge in [-0.1, -0.05) is 18.2 Å². The Hall–Kier alpha value is -2.49. The monoisotopic (exact) mass is 327 g/mol. The molecule has 0 fully saturated rings. The van der Waals surface area contributed by atoms with Gasteiger partial charge in [0.15, 0.2) is 6.10 Å². The van der Waals surface area contributed by atoms with E-state index in [-0.39, 0.29) is 11.9 Å². The average Bonchev–Trinajstić information content (AvgIpc) is 2.57. The minimum absolute atomic E-state index is 0.0706. The summed E-state index contributed by atoms with van der Waals surface area (Å²) in [5.74, 6) is 1.25. The second-order valence-corrected chi connectivity index (χ2v) is 6.01. The Kier molecular flexibility index (Phi) is 5.85. The van der Waals surface area contributed by atoms with E-state index in [4.69, 9.17) is 9.47 Å². The summed E-state index contributed by atoms with van der Waals surface area (Å²) in [7, 11) is 1.61. The number of methoxy groups -OCH3 is 1. The molecule has 0 radical (unpaired) electrons. The van der Waals surface area contributed by atoms with Crippen molar-refractivity contribution in [3.8, 4) is 11.5 Å². The van der Waals surface area contributed by atoms with Crippen LogP contribution in [0.4, 0.5) is 0 Å². The maximum absolute atomic E-state index is 12.3. The third kappa shape index (κ3) is 4.51. The zero-order chi connectivity index (χ0) is 17.7. The highest BCUT2D eigenvalue weighted by Crippen LogP contribution is 2.19. The fraction of sp³-hybridized carbons (Fsp3) is 0.350. The number of rotatable bonds is 6. The fourth-order valence-corrected chi connectivity index (χ4v) is 2.36. The molecule has 0 aromatic heterocycles. The quantitative estimate of drug-likeness (QED) is 0.874. The van der Waals surface area contributed by atoms with Crippen LogP contribution >= 0.6 is 0 Å². The second-order valence-electron chi connectivity index (χ2n) is 6.01. The van der Waals surface area contributed by atoms with Crippen LogP contribution in [0.1, 0.15) is 36.6 Å². The van der Waals surface area contributed by atoms with Crippen LogP contribution in [-0.4, -0.2) is 19.1 Å². The van der Waals surface area contributed by atoms with Gasteiger partial charge in [-0.25, -0.2) is 0 Å². The Balaban J connectivity index is 1.95. The number of ether oxygens (including phenoxy) is 2. The first-order chi connectivity index (χ1) is 11.4. The molecule has 2 unspecified atom stereocenters. The van der Waals surface area contributed by atoms with Crippen molar-refractivity contribution in [1.29, 1.82) is 0 Å². The molecule has 2 rings (SSSR count). The molecule has 4 nitrogen and oxygen atoms in total. The Morgan fingerprint density at radius 1 is 0.958 bits per heavy atom. The predicted octanol–water partition coefficient (Wildman–Crippen LogP) is 3.96. The molecule has 0 spiro atoms. The molecule has 1 amide bonds. The SMILES string of the molecule is COc1ccc(OC(C)C(=O)NC(C)c2ccc(C)c(C)c2)cc1. The standard InChI is InChI=1S/C20H25NO3/c1-13-6-7-17(12-14(13)2)15(3)21-20(22)16(4)24-19-10-8-18(23-5)9-11-19/h6-12,15-16H,1-5H3,(H,21,22). The van der Waals surface area contributed by atoms with Crippen LogP contribution in [0.3, 0.4) is 0 Å². The molecule has 0 saturated heterocycles. The summed E-state index contributed by atoms with van der Waals surface area (Å²) in [6.07, 6.45) is -0.576. The Labute approximate surface area is 143 Å². The first kappa shape index (κ1) is 17.9. The smallest absolute Gasteiger partial charge is 0.261 e. The van der Waals surface area contributed by atoms with Crippen LogP contribution in [0.2, 0.25) is 0 Å². The molecular weight excluding hydrogens is 302 g/mol. The lowest BCUT2D eigenvalue weighted by Gasteiger charge is -2.19. The van der Waals surface area contributed by atoms with Crippen LogP contribution in [0, 0.1) is 13.8 Å². The highest BCUT2D eigenvalue weighted by Gasteiger charge is 2.18. The third-order valence-electron chi connectivity index (χ3n) is 4.13. The second kappa shape index (κ2) is 7.86. The lowest BCUT2D eigenvalue weighted by atomic mass is 10.0. The van der Waals surface area contributed by atoms with E-state index in [0.717, 1.165) is 11.3 Å². The number of hydrogen-bond donors (Lipinski definition) is 1. The van der Waals surface area contributed by atoms with Crippen LogP contribution < -0.4 is 14.8 Å². The van der Waals surface area contributed by atoms with Crippen LogP contribution in [0.15, 0.2) is 42.5 Å². The van der Waals surface area contributed by atoms with E-state index in [1.165, 1.54) is 11.1 Å². The molecular formula is C20H25NO3. The van der Waals surface area contributed by atoms with Crippen molar-refractivity contribution in [1.82, 2.24) is 5.32 Å². The van der Waals surface area contributed by atoms with Gasteiger partial charge >= 0.3 is 0 Å². The number of nitrogens with one attached hydrogen (secondary N) is 1. The zero-order valence-corrected chi connectivity index (χ0v) is 14.9. The number of aryl methyl sites for hydroxylation is 2. The summed E-state index contributed by atoms with van der Waals surface area (Å²) >= 11 is 0. The first-order valence-electron chi connectivity index (χ1n) is 8.09. The Morgan fingerprint density at radius 3 is 2.17 bits per heavy atom. The molecule has 0 aliphatic heterocycles. The van der Waals surface area contributed by atoms with Gasteiger partial charge in [0.1, 0.15) is 11.5 Å². The number of carbonyl (C=O) groups excluding carboxylic acids is 1. The van der Waals surface area contributed by atoms with E-state index < -0.39 is 6.10 Å². The summed E-state index contributed by atoms with van der Waals surface area (Å²) < 4.78 is 10.8. The minimum Gasteiger partial charge on any atom is -0.497 e. The van der Waals surface area contributed by atoms with Crippen molar-refractivity contribution < 1.29 is 14.3 Å². The van der Waals surface area contributed by atoms with Crippen molar-refractivity contribution in [2.45, 2.75) is 39.8 Å². The van der Waals surface area contributed by atoms with E-state index in [1.807, 2.05) is 13.0 Å². The van der Waals surface area contributed by atoms with Gasteiger partial charge in [0.05, 0.1) is 13.2 Å². The predicted molar refractivity (Wildman–Crippen MR) is 95.6 cm³/mol. The van der Waals surface area contributed by atoms with Crippen molar-refractivity contribution in [2.24, 2.45) is 0 Å². The number of carbonyl (C=O) groups is 1. The van der Waals surface area contributed by atoms with Gasteiger partial charge in [0.2, 0.25) is 0 Å². The summed E-state index contributed by atoms with van der Waals surface area (Å²) in [6.45, 7) is 7.87. The largest absolute Gasteiger partial charge is 0.497 e. The third-order valence-corrected chi connectivity index (χ3v) is 4.13. The van der Waals surface area contributed by atoms with E-state index in [9.17, 15) is 4.79 Å². The Morgan fingerprint density at radius 2 is 1.58 bits per heavy atom. The van der Waals surface area contributed by atoms with Gasteiger partial charge in [-0.05, 0) is 68.7 Å². The normalized spacial score (nSPS) is 13.0. The van der Waals surface area contributed by atoms with Crippen molar-refractivity contribution in [3.63, 3.8) is 0 Å². The highest BCUT2D eigenvalue weighted by molar-refractivity contribution is 5.81. The molecule has 0 heterocycles. The molecule has 0 aliphatic rings. The molecule has 24 heavy (non-hydrogen) atoms. The van der Waals surface area contributed by atoms with Crippen molar-refractivity contribution in [2.75, 3.05) is 7.11 Å². The van der Waals surface area contributed by atoms with Gasteiger partial charge in [-0.15, -0.1) is 0 Å². The highest BCUT2D eigenvalue weighted by atomic mass is 16.5. The number of amides is 1. The molecule has 0 saturated carbocycles. The van der Waals surface area contributed by atoms with E-state index in [1.54, 1.807) is 38.3 Å². The molecule has 2 aromatic carbocycles. The number of benzene rings is 2. The van der Waals surface area contributed by atoms with Crippen molar-refractivity contribution in [3.05, 3.63) is 59.2 Å². The lowest BCUT2D eigenvalue weighted by Crippen LogP contribution is -2.37. The van der Waals surface area contributed by atoms with E-state index in [0.29, 0.717) is 5.75 Å². The Bertz CT molecular complexity index is 695. The van der Waals surface area contributed by atoms with Gasteiger partial charge in [-0.2, -0.15) is 0 Å². The first-order valence-corrected chi connectivity index (χ1v) is 8.09. The van der Waals surface area contributed by atoms with E-state index in [2.05, 4.69) is 31.3 Å². The summed E-state index contributed by atoms with van der Waals surface area (Å²) in [4.78, 5) is 12.3. The van der Waals surface area contributed by atoms with Crippen LogP contribution in [0.5, 0.6) is 11.5 Å². The topological polar surface area (TPSA) is 47.6 Å². The van der Waals surface area contributed by atoms with Gasteiger partial charge in [-0.3, -0.25) is 4.79 Å². The van der Waals surface area contributed by atoms with Gasteiger partial charge in [0.25, 0.3) is 5.91 Å². The molecule has 2 atom stereocenters. The lowest BCUT2D eigenvalue weighted by molar-refractivity contribution is -0.127. The maximum Gasteiger partial charge on any atom is 0.261 e. The van der Waals surface area contributed by atoms with Crippen LogP contribution in [-0.2, 0) is 4.79 Å². The zero-order valence-electron chi connectivity index (χ0n) is 14.9. The van der Waals surface area contributed by atoms with Gasteiger partial charge < -0.3 is 14.8 Å². The maximum atomic E-state index is 12.3.